The summed E-state index contributed by atoms with van der Waals surface area (Å²) in [6.45, 7) is 2.79. The van der Waals surface area contributed by atoms with Crippen LogP contribution in [0, 0.1) is 0 Å². The fraction of sp³-hybridized carbons (Fsp3) is 0.895. The van der Waals surface area contributed by atoms with Crippen molar-refractivity contribution >= 4 is 21.7 Å². The number of amides is 2. The van der Waals surface area contributed by atoms with Crippen molar-refractivity contribution in [2.75, 3.05) is 46.0 Å². The minimum absolute atomic E-state index is 0.138. The van der Waals surface area contributed by atoms with Crippen LogP contribution in [-0.4, -0.2) is 109 Å². The number of carbonyl (C=O) groups excluding carboxylic acids is 2. The summed E-state index contributed by atoms with van der Waals surface area (Å²) in [7, 11) is -1.60. The Balaban J connectivity index is 1.92. The van der Waals surface area contributed by atoms with E-state index in [1.807, 2.05) is 0 Å². The molecule has 2 unspecified atom stereocenters. The third kappa shape index (κ3) is 5.91. The molecule has 2 aliphatic rings. The molecule has 0 aromatic rings. The van der Waals surface area contributed by atoms with Gasteiger partial charge in [-0.1, -0.05) is 0 Å². The molecule has 30 heavy (non-hydrogen) atoms. The summed E-state index contributed by atoms with van der Waals surface area (Å²) in [6, 6.07) is 0.246. The molecule has 2 aliphatic heterocycles. The van der Waals surface area contributed by atoms with Gasteiger partial charge in [0.2, 0.25) is 11.8 Å². The second-order valence-corrected chi connectivity index (χ2v) is 11.1. The van der Waals surface area contributed by atoms with Crippen molar-refractivity contribution in [3.05, 3.63) is 0 Å². The van der Waals surface area contributed by atoms with Crippen molar-refractivity contribution in [3.8, 4) is 0 Å². The van der Waals surface area contributed by atoms with E-state index in [4.69, 9.17) is 11.5 Å². The molecule has 2 bridgehead atoms. The largest absolute Gasteiger partial charge is 0.390 e. The molecule has 10 nitrogen and oxygen atoms in total. The van der Waals surface area contributed by atoms with Gasteiger partial charge < -0.3 is 26.4 Å². The summed E-state index contributed by atoms with van der Waals surface area (Å²) < 4.78 is 23.0. The molecule has 0 saturated carbocycles. The fourth-order valence-corrected chi connectivity index (χ4v) is 5.23. The molecule has 11 heteroatoms. The molecule has 2 heterocycles. The van der Waals surface area contributed by atoms with E-state index in [0.717, 1.165) is 31.9 Å². The van der Waals surface area contributed by atoms with Gasteiger partial charge in [0.05, 0.1) is 6.10 Å². The number of β-amino-alcohol motifs (C(OH)–C–C–N with tert-alkyl or cyclic N) is 1. The van der Waals surface area contributed by atoms with Gasteiger partial charge in [-0.25, -0.2) is 8.42 Å². The third-order valence-electron chi connectivity index (χ3n) is 6.55. The number of nitrogens with two attached hydrogens (primary N) is 2. The Bertz CT molecular complexity index is 729. The normalized spacial score (nSPS) is 26.5. The Hall–Kier alpha value is -1.27. The van der Waals surface area contributed by atoms with E-state index in [9.17, 15) is 23.1 Å². The highest BCUT2D eigenvalue weighted by molar-refractivity contribution is 7.91. The summed E-state index contributed by atoms with van der Waals surface area (Å²) in [5.74, 6) is -0.509. The lowest BCUT2D eigenvalue weighted by atomic mass is 9.87. The number of fused-ring (bicyclic) bond motifs is 2. The van der Waals surface area contributed by atoms with Crippen LogP contribution in [0.5, 0.6) is 0 Å². The summed E-state index contributed by atoms with van der Waals surface area (Å²) >= 11 is 0. The Morgan fingerprint density at radius 1 is 1.23 bits per heavy atom. The molecule has 0 aromatic carbocycles. The zero-order valence-corrected chi connectivity index (χ0v) is 19.1. The van der Waals surface area contributed by atoms with E-state index in [0.29, 0.717) is 26.1 Å². The van der Waals surface area contributed by atoms with E-state index >= 15 is 0 Å². The topological polar surface area (TPSA) is 150 Å². The standard InChI is InChI=1S/C19H37N5O5S/c1-14(25)23(10-9-22(2)13-17(20)30(3,28)29)11-16(26)12-24-15-5-4-7-19(24,8-6-15)18(21)27/h15-17,26H,4-13,20H2,1-3H3,(H2,21,27)/t15-,16?,17?,19+/m1/s1. The first-order chi connectivity index (χ1) is 13.9. The molecule has 5 N–H and O–H groups in total. The average Bonchev–Trinajstić information content (AvgIpc) is 2.83. The number of primary amides is 1. The summed E-state index contributed by atoms with van der Waals surface area (Å²) in [5.41, 5.74) is 10.7. The highest BCUT2D eigenvalue weighted by Gasteiger charge is 2.52. The zero-order valence-electron chi connectivity index (χ0n) is 18.3. The predicted octanol–water partition coefficient (Wildman–Crippen LogP) is -1.67. The van der Waals surface area contributed by atoms with E-state index in [1.165, 1.54) is 11.8 Å². The van der Waals surface area contributed by atoms with Gasteiger partial charge in [0.25, 0.3) is 0 Å². The summed E-state index contributed by atoms with van der Waals surface area (Å²) in [5, 5.41) is 9.71. The first-order valence-corrected chi connectivity index (χ1v) is 12.5. The molecule has 0 radical (unpaired) electrons. The quantitative estimate of drug-likeness (QED) is 0.340. The van der Waals surface area contributed by atoms with Crippen LogP contribution < -0.4 is 11.5 Å². The lowest BCUT2D eigenvalue weighted by Gasteiger charge is -2.44. The van der Waals surface area contributed by atoms with E-state index in [2.05, 4.69) is 4.90 Å². The van der Waals surface area contributed by atoms with Crippen LogP contribution >= 0.6 is 0 Å². The first kappa shape index (κ1) is 25.0. The maximum absolute atomic E-state index is 12.2. The van der Waals surface area contributed by atoms with E-state index < -0.39 is 26.9 Å². The maximum Gasteiger partial charge on any atom is 0.237 e. The van der Waals surface area contributed by atoms with Crippen LogP contribution in [-0.2, 0) is 19.4 Å². The molecule has 0 aromatic heterocycles. The number of hydrogen-bond donors (Lipinski definition) is 3. The van der Waals surface area contributed by atoms with Crippen LogP contribution in [0.4, 0.5) is 0 Å². The van der Waals surface area contributed by atoms with Gasteiger partial charge in [-0.15, -0.1) is 0 Å². The van der Waals surface area contributed by atoms with Gasteiger partial charge in [0.1, 0.15) is 10.9 Å². The highest BCUT2D eigenvalue weighted by atomic mass is 32.2. The molecule has 4 atom stereocenters. The number of piperidine rings is 1. The second kappa shape index (κ2) is 9.90. The first-order valence-electron chi connectivity index (χ1n) is 10.5. The monoisotopic (exact) mass is 447 g/mol. The molecule has 0 spiro atoms. The Kier molecular flexibility index (Phi) is 8.25. The van der Waals surface area contributed by atoms with Gasteiger partial charge in [-0.2, -0.15) is 0 Å². The molecule has 2 saturated heterocycles. The van der Waals surface area contributed by atoms with Gasteiger partial charge >= 0.3 is 0 Å². The zero-order chi connectivity index (χ0) is 22.7. The maximum atomic E-state index is 12.2. The van der Waals surface area contributed by atoms with Crippen molar-refractivity contribution in [1.82, 2.24) is 14.7 Å². The van der Waals surface area contributed by atoms with Crippen molar-refractivity contribution in [3.63, 3.8) is 0 Å². The SMILES string of the molecule is CC(=O)N(CCN(C)CC(N)S(C)(=O)=O)CC(O)CN1[C@@H]2CCC[C@@]1(C(N)=O)CC2. The Labute approximate surface area is 179 Å². The second-order valence-electron chi connectivity index (χ2n) is 8.88. The Morgan fingerprint density at radius 3 is 2.47 bits per heavy atom. The lowest BCUT2D eigenvalue weighted by Crippen LogP contribution is -2.60. The number of carbonyl (C=O) groups is 2. The van der Waals surface area contributed by atoms with Crippen molar-refractivity contribution in [1.29, 1.82) is 0 Å². The smallest absolute Gasteiger partial charge is 0.237 e. The van der Waals surface area contributed by atoms with Gasteiger partial charge in [-0.3, -0.25) is 14.5 Å². The van der Waals surface area contributed by atoms with Crippen molar-refractivity contribution in [2.45, 2.75) is 62.1 Å². The molecule has 2 fully saturated rings. The van der Waals surface area contributed by atoms with Crippen molar-refractivity contribution in [2.24, 2.45) is 11.5 Å². The number of hydrogen-bond acceptors (Lipinski definition) is 8. The Morgan fingerprint density at radius 2 is 1.90 bits per heavy atom. The predicted molar refractivity (Wildman–Crippen MR) is 114 cm³/mol. The minimum Gasteiger partial charge on any atom is -0.390 e. The average molecular weight is 448 g/mol. The number of sulfone groups is 1. The van der Waals surface area contributed by atoms with Crippen LogP contribution in [0.25, 0.3) is 0 Å². The number of aliphatic hydroxyl groups is 1. The van der Waals surface area contributed by atoms with Crippen LogP contribution in [0.15, 0.2) is 0 Å². The van der Waals surface area contributed by atoms with Gasteiger partial charge in [0, 0.05) is 51.9 Å². The summed E-state index contributed by atoms with van der Waals surface area (Å²) in [6.07, 6.45) is 4.57. The van der Waals surface area contributed by atoms with Gasteiger partial charge in [0.15, 0.2) is 9.84 Å². The molecular weight excluding hydrogens is 410 g/mol. The molecular formula is C19H37N5O5S. The lowest BCUT2D eigenvalue weighted by molar-refractivity contribution is -0.135. The number of nitrogens with zero attached hydrogens (tertiary/aromatic N) is 3. The van der Waals surface area contributed by atoms with E-state index in [-0.39, 0.29) is 30.9 Å². The van der Waals surface area contributed by atoms with Crippen molar-refractivity contribution < 1.29 is 23.1 Å². The van der Waals surface area contributed by atoms with Crippen LogP contribution in [0.1, 0.15) is 39.0 Å². The fourth-order valence-electron chi connectivity index (χ4n) is 4.71. The number of rotatable bonds is 11. The molecule has 174 valence electrons. The summed E-state index contributed by atoms with van der Waals surface area (Å²) in [4.78, 5) is 29.6. The highest BCUT2D eigenvalue weighted by Crippen LogP contribution is 2.43. The van der Waals surface area contributed by atoms with E-state index in [1.54, 1.807) is 11.9 Å². The number of aliphatic hydroxyl groups excluding tert-OH is 1. The van der Waals surface area contributed by atoms with Crippen LogP contribution in [0.3, 0.4) is 0 Å². The molecule has 0 aliphatic carbocycles. The van der Waals surface area contributed by atoms with Gasteiger partial charge in [-0.05, 0) is 39.2 Å². The van der Waals surface area contributed by atoms with Crippen LogP contribution in [0.2, 0.25) is 0 Å². The third-order valence-corrected chi connectivity index (χ3v) is 7.79. The number of likely N-dealkylation sites (N-methyl/N-ethyl adjacent to an activating group) is 1. The molecule has 2 rings (SSSR count). The molecule has 2 amide bonds. The minimum atomic E-state index is -3.33.